The molecule has 10 heteroatoms. The SMILES string of the molecule is O=C(Cc1ccc(C(F)(F)F)cc1)OCc1ccc(CSC(=O)Nc2ccccc2C(=O)O)cc1. The van der Waals surface area contributed by atoms with E-state index in [2.05, 4.69) is 5.32 Å². The van der Waals surface area contributed by atoms with Gasteiger partial charge in [0.15, 0.2) is 0 Å². The summed E-state index contributed by atoms with van der Waals surface area (Å²) in [5, 5.41) is 11.3. The first-order valence-electron chi connectivity index (χ1n) is 10.3. The maximum absolute atomic E-state index is 12.6. The molecule has 0 aliphatic heterocycles. The molecule has 0 heterocycles. The van der Waals surface area contributed by atoms with E-state index in [0.29, 0.717) is 16.9 Å². The van der Waals surface area contributed by atoms with Crippen molar-refractivity contribution in [2.45, 2.75) is 25.0 Å². The van der Waals surface area contributed by atoms with E-state index in [0.717, 1.165) is 29.5 Å². The number of carboxylic acid groups (broad SMARTS) is 1. The van der Waals surface area contributed by atoms with E-state index in [1.807, 2.05) is 0 Å². The first-order valence-corrected chi connectivity index (χ1v) is 11.3. The third kappa shape index (κ3) is 7.89. The summed E-state index contributed by atoms with van der Waals surface area (Å²) < 4.78 is 43.0. The van der Waals surface area contributed by atoms with Crippen LogP contribution in [-0.2, 0) is 34.5 Å². The number of ether oxygens (including phenoxy) is 1. The van der Waals surface area contributed by atoms with Crippen LogP contribution in [0.15, 0.2) is 72.8 Å². The van der Waals surface area contributed by atoms with Crippen LogP contribution in [0.2, 0.25) is 0 Å². The van der Waals surface area contributed by atoms with Gasteiger partial charge in [-0.3, -0.25) is 9.59 Å². The Morgan fingerprint density at radius 2 is 1.46 bits per heavy atom. The number of hydrogen-bond acceptors (Lipinski definition) is 5. The van der Waals surface area contributed by atoms with Crippen molar-refractivity contribution in [3.05, 3.63) is 101 Å². The first kappa shape index (κ1) is 25.8. The molecule has 2 N–H and O–H groups in total. The number of amides is 1. The summed E-state index contributed by atoms with van der Waals surface area (Å²) in [6.07, 6.45) is -4.58. The minimum absolute atomic E-state index is 0.000645. The zero-order valence-corrected chi connectivity index (χ0v) is 19.0. The van der Waals surface area contributed by atoms with Gasteiger partial charge in [-0.2, -0.15) is 13.2 Å². The zero-order valence-electron chi connectivity index (χ0n) is 18.2. The van der Waals surface area contributed by atoms with Crippen LogP contribution in [0.1, 0.15) is 32.6 Å². The molecule has 0 aromatic heterocycles. The van der Waals surface area contributed by atoms with Crippen LogP contribution >= 0.6 is 11.8 Å². The average Bonchev–Trinajstić information content (AvgIpc) is 2.82. The minimum atomic E-state index is -4.43. The normalized spacial score (nSPS) is 11.1. The molecule has 0 fully saturated rings. The fraction of sp³-hybridized carbons (Fsp3) is 0.160. The molecule has 0 saturated carbocycles. The van der Waals surface area contributed by atoms with Crippen LogP contribution in [0, 0.1) is 0 Å². The van der Waals surface area contributed by atoms with Gasteiger partial charge in [0.25, 0.3) is 5.24 Å². The van der Waals surface area contributed by atoms with Gasteiger partial charge in [-0.15, -0.1) is 0 Å². The van der Waals surface area contributed by atoms with Crippen molar-refractivity contribution in [3.8, 4) is 0 Å². The number of halogens is 3. The van der Waals surface area contributed by atoms with Gasteiger partial charge in [-0.25, -0.2) is 4.79 Å². The number of para-hydroxylation sites is 1. The van der Waals surface area contributed by atoms with Gasteiger partial charge in [-0.05, 0) is 41.0 Å². The molecule has 0 saturated heterocycles. The van der Waals surface area contributed by atoms with Crippen molar-refractivity contribution in [1.82, 2.24) is 0 Å². The van der Waals surface area contributed by atoms with Crippen LogP contribution < -0.4 is 5.32 Å². The van der Waals surface area contributed by atoms with Crippen molar-refractivity contribution < 1.29 is 37.4 Å². The van der Waals surface area contributed by atoms with Gasteiger partial charge in [0, 0.05) is 5.75 Å². The number of aromatic carboxylic acids is 1. The molecule has 0 radical (unpaired) electrons. The van der Waals surface area contributed by atoms with E-state index in [9.17, 15) is 32.7 Å². The highest BCUT2D eigenvalue weighted by atomic mass is 32.2. The molecule has 0 spiro atoms. The third-order valence-corrected chi connectivity index (χ3v) is 5.66. The Hall–Kier alpha value is -3.79. The predicted octanol–water partition coefficient (Wildman–Crippen LogP) is 6.15. The number of anilines is 1. The number of nitrogens with one attached hydrogen (secondary N) is 1. The Labute approximate surface area is 203 Å². The molecule has 0 aliphatic rings. The summed E-state index contributed by atoms with van der Waals surface area (Å²) in [6, 6.07) is 17.4. The van der Waals surface area contributed by atoms with E-state index < -0.39 is 28.9 Å². The van der Waals surface area contributed by atoms with Crippen molar-refractivity contribution in [2.24, 2.45) is 0 Å². The monoisotopic (exact) mass is 503 g/mol. The summed E-state index contributed by atoms with van der Waals surface area (Å²) >= 11 is 0.974. The number of thioether (sulfide) groups is 1. The number of alkyl halides is 3. The average molecular weight is 503 g/mol. The van der Waals surface area contributed by atoms with Crippen molar-refractivity contribution in [2.75, 3.05) is 5.32 Å². The second-order valence-electron chi connectivity index (χ2n) is 7.40. The summed E-state index contributed by atoms with van der Waals surface area (Å²) in [6.45, 7) is -0.000645. The van der Waals surface area contributed by atoms with Crippen LogP contribution in [0.4, 0.5) is 23.7 Å². The van der Waals surface area contributed by atoms with Gasteiger partial charge >= 0.3 is 18.1 Å². The van der Waals surface area contributed by atoms with E-state index in [1.54, 1.807) is 36.4 Å². The molecule has 3 aromatic carbocycles. The minimum Gasteiger partial charge on any atom is -0.478 e. The molecular formula is C25H20F3NO5S. The molecule has 0 bridgehead atoms. The van der Waals surface area contributed by atoms with Crippen molar-refractivity contribution >= 4 is 34.6 Å². The summed E-state index contributed by atoms with van der Waals surface area (Å²) in [5.41, 5.74) is 1.38. The highest BCUT2D eigenvalue weighted by Gasteiger charge is 2.30. The molecule has 0 atom stereocenters. The second-order valence-corrected chi connectivity index (χ2v) is 8.35. The van der Waals surface area contributed by atoms with Gasteiger partial charge < -0.3 is 15.2 Å². The molecule has 182 valence electrons. The molecule has 35 heavy (non-hydrogen) atoms. The maximum Gasteiger partial charge on any atom is 0.416 e. The zero-order chi connectivity index (χ0) is 25.4. The topological polar surface area (TPSA) is 92.7 Å². The standard InChI is InChI=1S/C25H20F3NO5S/c26-25(27,28)19-11-9-16(10-12-19)13-22(30)34-14-17-5-7-18(8-6-17)15-35-24(33)29-21-4-2-1-3-20(21)23(31)32/h1-12H,13-15H2,(H,29,33)(H,31,32). The molecule has 3 aromatic rings. The lowest BCUT2D eigenvalue weighted by Gasteiger charge is -2.09. The molecule has 0 unspecified atom stereocenters. The molecule has 1 amide bonds. The smallest absolute Gasteiger partial charge is 0.416 e. The number of benzene rings is 3. The largest absolute Gasteiger partial charge is 0.478 e. The Bertz CT molecular complexity index is 1190. The fourth-order valence-corrected chi connectivity index (χ4v) is 3.67. The number of rotatable bonds is 8. The number of carbonyl (C=O) groups excluding carboxylic acids is 2. The molecule has 0 aliphatic carbocycles. The Balaban J connectivity index is 1.44. The van der Waals surface area contributed by atoms with E-state index in [-0.39, 0.29) is 24.3 Å². The van der Waals surface area contributed by atoms with E-state index in [4.69, 9.17) is 4.74 Å². The molecule has 3 rings (SSSR count). The van der Waals surface area contributed by atoms with Gasteiger partial charge in [0.2, 0.25) is 0 Å². The van der Waals surface area contributed by atoms with E-state index >= 15 is 0 Å². The highest BCUT2D eigenvalue weighted by Crippen LogP contribution is 2.29. The maximum atomic E-state index is 12.6. The van der Waals surface area contributed by atoms with Crippen LogP contribution in [0.3, 0.4) is 0 Å². The molecular weight excluding hydrogens is 483 g/mol. The summed E-state index contributed by atoms with van der Waals surface area (Å²) in [4.78, 5) is 35.4. The predicted molar refractivity (Wildman–Crippen MR) is 125 cm³/mol. The number of carboxylic acids is 1. The van der Waals surface area contributed by atoms with Crippen molar-refractivity contribution in [3.63, 3.8) is 0 Å². The van der Waals surface area contributed by atoms with Gasteiger partial charge in [0.1, 0.15) is 6.61 Å². The quantitative estimate of drug-likeness (QED) is 0.358. The van der Waals surface area contributed by atoms with Crippen molar-refractivity contribution in [1.29, 1.82) is 0 Å². The van der Waals surface area contributed by atoms with Crippen LogP contribution in [0.25, 0.3) is 0 Å². The lowest BCUT2D eigenvalue weighted by molar-refractivity contribution is -0.144. The summed E-state index contributed by atoms with van der Waals surface area (Å²) in [7, 11) is 0. The fourth-order valence-electron chi connectivity index (χ4n) is 3.00. The lowest BCUT2D eigenvalue weighted by Crippen LogP contribution is -2.10. The van der Waals surface area contributed by atoms with E-state index in [1.165, 1.54) is 24.3 Å². The van der Waals surface area contributed by atoms with Gasteiger partial charge in [0.05, 0.1) is 23.2 Å². The number of esters is 1. The number of carbonyl (C=O) groups is 3. The summed E-state index contributed by atoms with van der Waals surface area (Å²) in [5.74, 6) is -1.36. The first-order chi connectivity index (χ1) is 16.6. The third-order valence-electron chi connectivity index (χ3n) is 4.82. The molecule has 6 nitrogen and oxygen atoms in total. The number of hydrogen-bond donors (Lipinski definition) is 2. The Morgan fingerprint density at radius 3 is 2.09 bits per heavy atom. The van der Waals surface area contributed by atoms with Crippen LogP contribution in [-0.4, -0.2) is 22.3 Å². The van der Waals surface area contributed by atoms with Crippen LogP contribution in [0.5, 0.6) is 0 Å². The second kappa shape index (κ2) is 11.6. The lowest BCUT2D eigenvalue weighted by atomic mass is 10.1. The Kier molecular flexibility index (Phi) is 8.53. The van der Waals surface area contributed by atoms with Gasteiger partial charge in [-0.1, -0.05) is 60.3 Å². The highest BCUT2D eigenvalue weighted by molar-refractivity contribution is 8.13. The Morgan fingerprint density at radius 1 is 0.857 bits per heavy atom.